The molecule has 0 fully saturated rings. The van der Waals surface area contributed by atoms with E-state index in [9.17, 15) is 26.3 Å². The van der Waals surface area contributed by atoms with Crippen LogP contribution in [0, 0.1) is 17.6 Å². The molecule has 0 atom stereocenters. The topological polar surface area (TPSA) is 48.1 Å². The standard InChI is InChI=1S/C13H8F6N2O/c14-7-2-4-9(15)21-12(7)10-6(5-20)1-3-8(11(10)16)22-13(17,18)19/h1-4H,5,20H2. The maximum Gasteiger partial charge on any atom is 0.573 e. The smallest absolute Gasteiger partial charge is 0.403 e. The Labute approximate surface area is 120 Å². The molecular weight excluding hydrogens is 314 g/mol. The molecule has 3 nitrogen and oxygen atoms in total. The summed E-state index contributed by atoms with van der Waals surface area (Å²) < 4.78 is 81.2. The Morgan fingerprint density at radius 2 is 1.73 bits per heavy atom. The fourth-order valence-electron chi connectivity index (χ4n) is 1.82. The zero-order valence-electron chi connectivity index (χ0n) is 10.7. The quantitative estimate of drug-likeness (QED) is 0.695. The molecule has 0 unspecified atom stereocenters. The van der Waals surface area contributed by atoms with Gasteiger partial charge in [0.1, 0.15) is 11.5 Å². The molecule has 0 bridgehead atoms. The van der Waals surface area contributed by atoms with Gasteiger partial charge in [0.25, 0.3) is 0 Å². The zero-order chi connectivity index (χ0) is 16.5. The van der Waals surface area contributed by atoms with Crippen molar-refractivity contribution in [2.24, 2.45) is 5.73 Å². The van der Waals surface area contributed by atoms with Gasteiger partial charge in [-0.3, -0.25) is 0 Å². The van der Waals surface area contributed by atoms with Gasteiger partial charge in [0, 0.05) is 12.1 Å². The Bertz CT molecular complexity index is 702. The highest BCUT2D eigenvalue weighted by Gasteiger charge is 2.33. The second-order valence-corrected chi connectivity index (χ2v) is 4.13. The number of alkyl halides is 3. The third-order valence-electron chi connectivity index (χ3n) is 2.69. The average molecular weight is 322 g/mol. The second kappa shape index (κ2) is 5.84. The number of benzene rings is 1. The van der Waals surface area contributed by atoms with Gasteiger partial charge in [0.2, 0.25) is 5.95 Å². The summed E-state index contributed by atoms with van der Waals surface area (Å²) in [6.45, 7) is -0.323. The number of halogens is 6. The van der Waals surface area contributed by atoms with E-state index in [0.717, 1.165) is 6.07 Å². The number of nitrogens with zero attached hydrogens (tertiary/aromatic N) is 1. The highest BCUT2D eigenvalue weighted by Crippen LogP contribution is 2.35. The van der Waals surface area contributed by atoms with Crippen molar-refractivity contribution < 1.29 is 31.1 Å². The van der Waals surface area contributed by atoms with Crippen molar-refractivity contribution in [2.45, 2.75) is 12.9 Å². The van der Waals surface area contributed by atoms with E-state index in [-0.39, 0.29) is 12.1 Å². The molecular formula is C13H8F6N2O. The molecule has 118 valence electrons. The third-order valence-corrected chi connectivity index (χ3v) is 2.69. The average Bonchev–Trinajstić information content (AvgIpc) is 2.42. The monoisotopic (exact) mass is 322 g/mol. The summed E-state index contributed by atoms with van der Waals surface area (Å²) in [6, 6.07) is 3.08. The van der Waals surface area contributed by atoms with Gasteiger partial charge in [-0.25, -0.2) is 13.8 Å². The zero-order valence-corrected chi connectivity index (χ0v) is 10.7. The van der Waals surface area contributed by atoms with Crippen molar-refractivity contribution >= 4 is 0 Å². The Balaban J connectivity index is 2.67. The first kappa shape index (κ1) is 16.1. The van der Waals surface area contributed by atoms with E-state index in [0.29, 0.717) is 18.2 Å². The van der Waals surface area contributed by atoms with Crippen molar-refractivity contribution in [3.05, 3.63) is 47.4 Å². The summed E-state index contributed by atoms with van der Waals surface area (Å²) >= 11 is 0. The van der Waals surface area contributed by atoms with Crippen molar-refractivity contribution in [2.75, 3.05) is 0 Å². The Hall–Kier alpha value is -2.29. The van der Waals surface area contributed by atoms with Crippen LogP contribution in [0.25, 0.3) is 11.3 Å². The van der Waals surface area contributed by atoms with E-state index >= 15 is 0 Å². The Kier molecular flexibility index (Phi) is 4.27. The number of ether oxygens (including phenoxy) is 1. The van der Waals surface area contributed by atoms with Gasteiger partial charge < -0.3 is 10.5 Å². The van der Waals surface area contributed by atoms with Crippen molar-refractivity contribution in [1.82, 2.24) is 4.98 Å². The lowest BCUT2D eigenvalue weighted by Crippen LogP contribution is -2.18. The normalized spacial score (nSPS) is 11.6. The lowest BCUT2D eigenvalue weighted by Gasteiger charge is -2.15. The number of nitrogens with two attached hydrogens (primary N) is 1. The van der Waals surface area contributed by atoms with Crippen LogP contribution in [0.3, 0.4) is 0 Å². The van der Waals surface area contributed by atoms with E-state index in [2.05, 4.69) is 9.72 Å². The molecule has 2 aromatic rings. The first-order valence-corrected chi connectivity index (χ1v) is 5.82. The Morgan fingerprint density at radius 3 is 2.32 bits per heavy atom. The van der Waals surface area contributed by atoms with Gasteiger partial charge in [0.15, 0.2) is 11.6 Å². The van der Waals surface area contributed by atoms with Crippen LogP contribution in [0.4, 0.5) is 26.3 Å². The predicted octanol–water partition coefficient (Wildman–Crippen LogP) is 3.52. The molecule has 0 aliphatic heterocycles. The first-order chi connectivity index (χ1) is 10.2. The van der Waals surface area contributed by atoms with Gasteiger partial charge in [-0.05, 0) is 23.8 Å². The number of pyridine rings is 1. The molecule has 0 radical (unpaired) electrons. The van der Waals surface area contributed by atoms with Crippen LogP contribution in [0.1, 0.15) is 5.56 Å². The van der Waals surface area contributed by atoms with Crippen molar-refractivity contribution in [3.8, 4) is 17.0 Å². The first-order valence-electron chi connectivity index (χ1n) is 5.82. The predicted molar refractivity (Wildman–Crippen MR) is 64.1 cm³/mol. The highest BCUT2D eigenvalue weighted by atomic mass is 19.4. The van der Waals surface area contributed by atoms with Gasteiger partial charge in [-0.1, -0.05) is 6.07 Å². The number of hydrogen-bond acceptors (Lipinski definition) is 3. The van der Waals surface area contributed by atoms with Gasteiger partial charge in [0.05, 0.1) is 0 Å². The summed E-state index contributed by atoms with van der Waals surface area (Å²) in [6.07, 6.45) is -5.14. The lowest BCUT2D eigenvalue weighted by atomic mass is 10.0. The fourth-order valence-corrected chi connectivity index (χ4v) is 1.82. The molecule has 22 heavy (non-hydrogen) atoms. The molecule has 0 spiro atoms. The highest BCUT2D eigenvalue weighted by molar-refractivity contribution is 5.67. The third kappa shape index (κ3) is 3.30. The summed E-state index contributed by atoms with van der Waals surface area (Å²) in [5.41, 5.74) is 3.83. The van der Waals surface area contributed by atoms with Crippen LogP contribution >= 0.6 is 0 Å². The van der Waals surface area contributed by atoms with Gasteiger partial charge in [-0.15, -0.1) is 13.2 Å². The largest absolute Gasteiger partial charge is 0.573 e. The summed E-state index contributed by atoms with van der Waals surface area (Å²) in [5.74, 6) is -4.96. The maximum absolute atomic E-state index is 14.2. The van der Waals surface area contributed by atoms with Crippen LogP contribution in [0.15, 0.2) is 24.3 Å². The second-order valence-electron chi connectivity index (χ2n) is 4.13. The van der Waals surface area contributed by atoms with Gasteiger partial charge in [-0.2, -0.15) is 4.39 Å². The molecule has 1 heterocycles. The SMILES string of the molecule is NCc1ccc(OC(F)(F)F)c(F)c1-c1nc(F)ccc1F. The van der Waals surface area contributed by atoms with E-state index < -0.39 is 41.0 Å². The van der Waals surface area contributed by atoms with Crippen LogP contribution in [0.5, 0.6) is 5.75 Å². The van der Waals surface area contributed by atoms with E-state index in [1.165, 1.54) is 0 Å². The number of rotatable bonds is 3. The minimum absolute atomic E-state index is 0.0518. The molecule has 0 aliphatic carbocycles. The molecule has 0 amide bonds. The van der Waals surface area contributed by atoms with Crippen LogP contribution in [0.2, 0.25) is 0 Å². The molecule has 2 N–H and O–H groups in total. The number of hydrogen-bond donors (Lipinski definition) is 1. The number of aromatic nitrogens is 1. The molecule has 2 rings (SSSR count). The summed E-state index contributed by atoms with van der Waals surface area (Å²) in [7, 11) is 0. The van der Waals surface area contributed by atoms with Crippen LogP contribution < -0.4 is 10.5 Å². The maximum atomic E-state index is 14.2. The van der Waals surface area contributed by atoms with Crippen molar-refractivity contribution in [1.29, 1.82) is 0 Å². The summed E-state index contributed by atoms with van der Waals surface area (Å²) in [5, 5.41) is 0. The van der Waals surface area contributed by atoms with E-state index in [1.807, 2.05) is 0 Å². The van der Waals surface area contributed by atoms with E-state index in [4.69, 9.17) is 5.73 Å². The summed E-state index contributed by atoms with van der Waals surface area (Å²) in [4.78, 5) is 3.18. The molecule has 1 aromatic carbocycles. The lowest BCUT2D eigenvalue weighted by molar-refractivity contribution is -0.275. The molecule has 9 heteroatoms. The molecule has 0 saturated carbocycles. The van der Waals surface area contributed by atoms with Gasteiger partial charge >= 0.3 is 6.36 Å². The molecule has 0 saturated heterocycles. The van der Waals surface area contributed by atoms with E-state index in [1.54, 1.807) is 0 Å². The molecule has 0 aliphatic rings. The fraction of sp³-hybridized carbons (Fsp3) is 0.154. The minimum atomic E-state index is -5.14. The minimum Gasteiger partial charge on any atom is -0.403 e. The van der Waals surface area contributed by atoms with Crippen LogP contribution in [-0.4, -0.2) is 11.3 Å². The van der Waals surface area contributed by atoms with Crippen LogP contribution in [-0.2, 0) is 6.54 Å². The molecule has 1 aromatic heterocycles. The Morgan fingerprint density at radius 1 is 1.05 bits per heavy atom. The van der Waals surface area contributed by atoms with Crippen molar-refractivity contribution in [3.63, 3.8) is 0 Å².